The van der Waals surface area contributed by atoms with Crippen molar-refractivity contribution in [3.8, 4) is 17.1 Å². The Morgan fingerprint density at radius 2 is 1.86 bits per heavy atom. The van der Waals surface area contributed by atoms with Crippen molar-refractivity contribution in [3.05, 3.63) is 81.7 Å². The summed E-state index contributed by atoms with van der Waals surface area (Å²) in [5.41, 5.74) is 5.02. The Kier molecular flexibility index (Phi) is 6.24. The van der Waals surface area contributed by atoms with Crippen LogP contribution in [0, 0.1) is 6.92 Å². The summed E-state index contributed by atoms with van der Waals surface area (Å²) in [6, 6.07) is 17.1. The van der Waals surface area contributed by atoms with E-state index in [0.29, 0.717) is 28.8 Å². The molecule has 2 aromatic heterocycles. The Labute approximate surface area is 214 Å². The van der Waals surface area contributed by atoms with Crippen LogP contribution in [-0.4, -0.2) is 41.9 Å². The van der Waals surface area contributed by atoms with E-state index in [9.17, 15) is 4.79 Å². The molecule has 0 spiro atoms. The molecule has 1 aliphatic rings. The van der Waals surface area contributed by atoms with Crippen molar-refractivity contribution in [2.75, 3.05) is 36.7 Å². The van der Waals surface area contributed by atoms with Crippen LogP contribution in [0.3, 0.4) is 0 Å². The number of carbonyl (C=O) groups excluding carboxylic acids is 1. The van der Waals surface area contributed by atoms with Crippen molar-refractivity contribution >= 4 is 34.6 Å². The molecule has 0 radical (unpaired) electrons. The minimum absolute atomic E-state index is 0.222. The predicted octanol–water partition coefficient (Wildman–Crippen LogP) is 5.32. The van der Waals surface area contributed by atoms with Crippen molar-refractivity contribution in [1.82, 2.24) is 14.8 Å². The Bertz CT molecular complexity index is 1450. The van der Waals surface area contributed by atoms with E-state index in [1.54, 1.807) is 18.4 Å². The predicted molar refractivity (Wildman–Crippen MR) is 145 cm³/mol. The number of para-hydroxylation sites is 2. The molecule has 0 bridgehead atoms. The van der Waals surface area contributed by atoms with Crippen LogP contribution in [0.4, 0.5) is 17.3 Å². The Morgan fingerprint density at radius 3 is 2.53 bits per heavy atom. The summed E-state index contributed by atoms with van der Waals surface area (Å²) in [7, 11) is 5.60. The van der Waals surface area contributed by atoms with E-state index in [4.69, 9.17) is 14.8 Å². The third-order valence-electron chi connectivity index (χ3n) is 6.24. The first kappa shape index (κ1) is 23.6. The van der Waals surface area contributed by atoms with E-state index in [2.05, 4.69) is 23.6 Å². The van der Waals surface area contributed by atoms with Gasteiger partial charge in [-0.15, -0.1) is 16.4 Å². The van der Waals surface area contributed by atoms with Gasteiger partial charge in [-0.25, -0.2) is 4.68 Å². The molecule has 4 aromatic rings. The van der Waals surface area contributed by atoms with Crippen LogP contribution in [0.25, 0.3) is 11.4 Å². The first-order valence-electron chi connectivity index (χ1n) is 11.6. The van der Waals surface area contributed by atoms with Gasteiger partial charge >= 0.3 is 0 Å². The molecule has 5 rings (SSSR count). The van der Waals surface area contributed by atoms with Gasteiger partial charge in [0.1, 0.15) is 11.8 Å². The molecule has 0 fully saturated rings. The summed E-state index contributed by atoms with van der Waals surface area (Å²) in [6.45, 7) is 3.95. The van der Waals surface area contributed by atoms with E-state index in [1.165, 1.54) is 0 Å². The number of anilines is 3. The maximum Gasteiger partial charge on any atom is 0.256 e. The summed E-state index contributed by atoms with van der Waals surface area (Å²) in [6.07, 6.45) is 0. The molecule has 9 heteroatoms. The van der Waals surface area contributed by atoms with Crippen LogP contribution in [0.2, 0.25) is 0 Å². The van der Waals surface area contributed by atoms with Crippen molar-refractivity contribution in [1.29, 1.82) is 0 Å². The highest BCUT2D eigenvalue weighted by molar-refractivity contribution is 7.10. The zero-order chi connectivity index (χ0) is 25.4. The molecule has 8 nitrogen and oxygen atoms in total. The minimum Gasteiger partial charge on any atom is -0.495 e. The van der Waals surface area contributed by atoms with Crippen LogP contribution < -0.4 is 20.3 Å². The SMILES string of the molecule is COc1ccccc1NC(=O)C1=C(C)Nc2nc(-c3ccc(N(C)C)cc3)nn2C1c1sccc1C. The largest absolute Gasteiger partial charge is 0.495 e. The lowest BCUT2D eigenvalue weighted by Gasteiger charge is -2.28. The van der Waals surface area contributed by atoms with Gasteiger partial charge in [-0.2, -0.15) is 4.98 Å². The molecule has 0 saturated carbocycles. The van der Waals surface area contributed by atoms with Gasteiger partial charge in [0.05, 0.1) is 18.4 Å². The van der Waals surface area contributed by atoms with Gasteiger partial charge in [-0.3, -0.25) is 4.79 Å². The second kappa shape index (κ2) is 9.50. The third-order valence-corrected chi connectivity index (χ3v) is 7.32. The second-order valence-corrected chi connectivity index (χ2v) is 9.78. The average molecular weight is 501 g/mol. The average Bonchev–Trinajstić information content (AvgIpc) is 3.49. The Balaban J connectivity index is 1.56. The number of amides is 1. The lowest BCUT2D eigenvalue weighted by Crippen LogP contribution is -2.31. The Hall–Kier alpha value is -4.11. The van der Waals surface area contributed by atoms with E-state index >= 15 is 0 Å². The molecule has 1 aliphatic heterocycles. The van der Waals surface area contributed by atoms with Gasteiger partial charge in [-0.05, 0) is 67.3 Å². The maximum atomic E-state index is 13.7. The molecule has 184 valence electrons. The summed E-state index contributed by atoms with van der Waals surface area (Å²) in [4.78, 5) is 21.6. The van der Waals surface area contributed by atoms with Gasteiger partial charge in [0.15, 0.2) is 5.82 Å². The molecule has 36 heavy (non-hydrogen) atoms. The highest BCUT2D eigenvalue weighted by atomic mass is 32.1. The number of allylic oxidation sites excluding steroid dienone is 1. The molecule has 1 unspecified atom stereocenters. The summed E-state index contributed by atoms with van der Waals surface area (Å²) >= 11 is 1.61. The van der Waals surface area contributed by atoms with Crippen molar-refractivity contribution in [2.45, 2.75) is 19.9 Å². The first-order valence-corrected chi connectivity index (χ1v) is 12.5. The van der Waals surface area contributed by atoms with E-state index < -0.39 is 6.04 Å². The highest BCUT2D eigenvalue weighted by Gasteiger charge is 2.36. The number of aryl methyl sites for hydroxylation is 1. The second-order valence-electron chi connectivity index (χ2n) is 8.83. The van der Waals surface area contributed by atoms with Crippen LogP contribution in [0.5, 0.6) is 5.75 Å². The van der Waals surface area contributed by atoms with Crippen molar-refractivity contribution in [2.24, 2.45) is 0 Å². The molecule has 1 amide bonds. The fourth-order valence-corrected chi connectivity index (χ4v) is 5.34. The number of carbonyl (C=O) groups is 1. The quantitative estimate of drug-likeness (QED) is 0.373. The number of methoxy groups -OCH3 is 1. The van der Waals surface area contributed by atoms with Crippen LogP contribution >= 0.6 is 11.3 Å². The summed E-state index contributed by atoms with van der Waals surface area (Å²) in [5, 5.41) is 13.3. The van der Waals surface area contributed by atoms with Gasteiger partial charge in [-0.1, -0.05) is 12.1 Å². The lowest BCUT2D eigenvalue weighted by atomic mass is 9.98. The number of aromatic nitrogens is 3. The number of nitrogens with one attached hydrogen (secondary N) is 2. The summed E-state index contributed by atoms with van der Waals surface area (Å²) in [5.74, 6) is 1.58. The molecule has 0 saturated heterocycles. The highest BCUT2D eigenvalue weighted by Crippen LogP contribution is 2.40. The first-order chi connectivity index (χ1) is 17.4. The number of ether oxygens (including phenoxy) is 1. The zero-order valence-electron chi connectivity index (χ0n) is 20.9. The number of hydrogen-bond acceptors (Lipinski definition) is 7. The van der Waals surface area contributed by atoms with Crippen LogP contribution in [-0.2, 0) is 4.79 Å². The molecule has 2 N–H and O–H groups in total. The van der Waals surface area contributed by atoms with Gasteiger partial charge in [0.25, 0.3) is 5.91 Å². The van der Waals surface area contributed by atoms with Crippen molar-refractivity contribution < 1.29 is 9.53 Å². The number of nitrogens with zero attached hydrogens (tertiary/aromatic N) is 4. The summed E-state index contributed by atoms with van der Waals surface area (Å²) < 4.78 is 7.25. The fraction of sp³-hybridized carbons (Fsp3) is 0.222. The monoisotopic (exact) mass is 500 g/mol. The molecule has 1 atom stereocenters. The number of rotatable bonds is 6. The standard InChI is InChI=1S/C27H28N6O2S/c1-16-14-15-36-24(16)23-22(26(34)29-20-8-6-7-9-21(20)35-5)17(2)28-27-30-25(31-33(23)27)18-10-12-19(13-11-18)32(3)4/h6-15,23H,1-5H3,(H,29,34)(H,28,30,31). The number of fused-ring (bicyclic) bond motifs is 1. The number of thiophene rings is 1. The number of benzene rings is 2. The third kappa shape index (κ3) is 4.22. The molecule has 0 aliphatic carbocycles. The van der Waals surface area contributed by atoms with Gasteiger partial charge in [0.2, 0.25) is 5.95 Å². The van der Waals surface area contributed by atoms with Crippen LogP contribution in [0.15, 0.2) is 71.2 Å². The van der Waals surface area contributed by atoms with E-state index in [0.717, 1.165) is 27.4 Å². The Morgan fingerprint density at radius 1 is 1.11 bits per heavy atom. The topological polar surface area (TPSA) is 84.3 Å². The minimum atomic E-state index is -0.418. The number of hydrogen-bond donors (Lipinski definition) is 2. The maximum absolute atomic E-state index is 13.7. The molecule has 2 aromatic carbocycles. The lowest BCUT2D eigenvalue weighted by molar-refractivity contribution is -0.113. The van der Waals surface area contributed by atoms with Crippen molar-refractivity contribution in [3.63, 3.8) is 0 Å². The fourth-order valence-electron chi connectivity index (χ4n) is 4.32. The molecular formula is C27H28N6O2S. The van der Waals surface area contributed by atoms with Gasteiger partial charge in [0, 0.05) is 35.9 Å². The normalized spacial score (nSPS) is 14.8. The molecule has 3 heterocycles. The molecular weight excluding hydrogens is 472 g/mol. The van der Waals surface area contributed by atoms with Gasteiger partial charge < -0.3 is 20.3 Å². The zero-order valence-corrected chi connectivity index (χ0v) is 21.7. The van der Waals surface area contributed by atoms with E-state index in [-0.39, 0.29) is 5.91 Å². The smallest absolute Gasteiger partial charge is 0.256 e. The van der Waals surface area contributed by atoms with Crippen LogP contribution in [0.1, 0.15) is 23.4 Å². The van der Waals surface area contributed by atoms with E-state index in [1.807, 2.05) is 84.5 Å².